The number of nitrogens with one attached hydrogen (secondary N) is 1. The summed E-state index contributed by atoms with van der Waals surface area (Å²) in [6, 6.07) is 23.0. The van der Waals surface area contributed by atoms with Gasteiger partial charge in [0, 0.05) is 46.9 Å². The number of carbonyl (C=O) groups excluding carboxylic acids is 2. The summed E-state index contributed by atoms with van der Waals surface area (Å²) in [5.74, 6) is 0.689. The van der Waals surface area contributed by atoms with E-state index in [1.54, 1.807) is 23.6 Å². The summed E-state index contributed by atoms with van der Waals surface area (Å²) in [4.78, 5) is 27.2. The van der Waals surface area contributed by atoms with E-state index in [0.717, 1.165) is 26.8 Å². The molecule has 0 atom stereocenters. The van der Waals surface area contributed by atoms with Crippen LogP contribution in [0.25, 0.3) is 0 Å². The molecule has 0 aliphatic heterocycles. The molecule has 0 fully saturated rings. The second-order valence-electron chi connectivity index (χ2n) is 7.13. The first kappa shape index (κ1) is 22.9. The maximum absolute atomic E-state index is 12.6. The summed E-state index contributed by atoms with van der Waals surface area (Å²) in [5.41, 5.74) is 3.43. The molecule has 4 nitrogen and oxygen atoms in total. The fourth-order valence-electron chi connectivity index (χ4n) is 3.07. The van der Waals surface area contributed by atoms with Crippen LogP contribution in [0.1, 0.15) is 35.3 Å². The molecule has 0 saturated heterocycles. The van der Waals surface area contributed by atoms with Gasteiger partial charge in [0.05, 0.1) is 0 Å². The van der Waals surface area contributed by atoms with E-state index in [1.165, 1.54) is 0 Å². The number of amides is 2. The van der Waals surface area contributed by atoms with E-state index in [-0.39, 0.29) is 11.8 Å². The Morgan fingerprint density at radius 1 is 0.968 bits per heavy atom. The lowest BCUT2D eigenvalue weighted by Crippen LogP contribution is -2.27. The lowest BCUT2D eigenvalue weighted by atomic mass is 10.1. The van der Waals surface area contributed by atoms with Gasteiger partial charge in [0.15, 0.2) is 0 Å². The smallest absolute Gasteiger partial charge is 0.255 e. The molecular weight excluding hydrogens is 428 g/mol. The summed E-state index contributed by atoms with van der Waals surface area (Å²) in [6.07, 6.45) is 0. The van der Waals surface area contributed by atoms with Gasteiger partial charge in [-0.15, -0.1) is 11.8 Å². The molecule has 0 bridgehead atoms. The molecule has 6 heteroatoms. The highest BCUT2D eigenvalue weighted by atomic mass is 35.5. The van der Waals surface area contributed by atoms with Crippen molar-refractivity contribution in [1.82, 2.24) is 4.90 Å². The standard InChI is InChI=1S/C25H25ClN2O2S/c1-3-28(18(2)29)16-20-5-4-6-23(15-20)27-25(30)21-9-7-19(8-10-21)17-31-24-13-11-22(26)12-14-24/h4-15H,3,16-17H2,1-2H3,(H,27,30). The average molecular weight is 453 g/mol. The van der Waals surface area contributed by atoms with Crippen LogP contribution in [0, 0.1) is 0 Å². The van der Waals surface area contributed by atoms with Gasteiger partial charge in [-0.05, 0) is 66.6 Å². The summed E-state index contributed by atoms with van der Waals surface area (Å²) < 4.78 is 0. The first-order valence-corrected chi connectivity index (χ1v) is 11.4. The normalized spacial score (nSPS) is 10.5. The number of halogens is 1. The summed E-state index contributed by atoms with van der Waals surface area (Å²) in [7, 11) is 0. The number of rotatable bonds is 8. The van der Waals surface area contributed by atoms with E-state index >= 15 is 0 Å². The molecule has 3 aromatic carbocycles. The Morgan fingerprint density at radius 3 is 2.32 bits per heavy atom. The van der Waals surface area contributed by atoms with Crippen LogP contribution in [-0.2, 0) is 17.1 Å². The molecule has 31 heavy (non-hydrogen) atoms. The second kappa shape index (κ2) is 11.0. The lowest BCUT2D eigenvalue weighted by Gasteiger charge is -2.19. The Bertz CT molecular complexity index is 1040. The molecule has 3 aromatic rings. The predicted octanol–water partition coefficient (Wildman–Crippen LogP) is 6.25. The molecule has 1 N–H and O–H groups in total. The van der Waals surface area contributed by atoms with E-state index in [2.05, 4.69) is 5.32 Å². The average Bonchev–Trinajstić information content (AvgIpc) is 2.77. The number of nitrogens with zero attached hydrogens (tertiary/aromatic N) is 1. The fraction of sp³-hybridized carbons (Fsp3) is 0.200. The largest absolute Gasteiger partial charge is 0.339 e. The van der Waals surface area contributed by atoms with Gasteiger partial charge in [-0.25, -0.2) is 0 Å². The molecule has 0 aliphatic carbocycles. The van der Waals surface area contributed by atoms with E-state index in [4.69, 9.17) is 11.6 Å². The Kier molecular flexibility index (Phi) is 8.15. The zero-order valence-corrected chi connectivity index (χ0v) is 19.2. The zero-order valence-electron chi connectivity index (χ0n) is 17.6. The second-order valence-corrected chi connectivity index (χ2v) is 8.61. The third-order valence-corrected chi connectivity index (χ3v) is 6.16. The van der Waals surface area contributed by atoms with Gasteiger partial charge in [0.25, 0.3) is 5.91 Å². The van der Waals surface area contributed by atoms with Crippen molar-refractivity contribution >= 4 is 40.9 Å². The van der Waals surface area contributed by atoms with Crippen LogP contribution in [-0.4, -0.2) is 23.3 Å². The van der Waals surface area contributed by atoms with Crippen LogP contribution in [0.15, 0.2) is 77.7 Å². The SMILES string of the molecule is CCN(Cc1cccc(NC(=O)c2ccc(CSc3ccc(Cl)cc3)cc2)c1)C(C)=O. The molecule has 0 saturated carbocycles. The summed E-state index contributed by atoms with van der Waals surface area (Å²) >= 11 is 7.64. The van der Waals surface area contributed by atoms with Gasteiger partial charge in [0.2, 0.25) is 5.91 Å². The highest BCUT2D eigenvalue weighted by Gasteiger charge is 2.10. The number of anilines is 1. The van der Waals surface area contributed by atoms with Crippen molar-refractivity contribution in [3.63, 3.8) is 0 Å². The molecule has 2 amide bonds. The lowest BCUT2D eigenvalue weighted by molar-refractivity contribution is -0.129. The van der Waals surface area contributed by atoms with Crippen LogP contribution in [0.4, 0.5) is 5.69 Å². The maximum atomic E-state index is 12.6. The fourth-order valence-corrected chi connectivity index (χ4v) is 4.05. The molecule has 3 rings (SSSR count). The molecule has 0 heterocycles. The van der Waals surface area contributed by atoms with Crippen LogP contribution < -0.4 is 5.32 Å². The minimum atomic E-state index is -0.159. The number of benzene rings is 3. The van der Waals surface area contributed by atoms with Crippen molar-refractivity contribution < 1.29 is 9.59 Å². The van der Waals surface area contributed by atoms with E-state index < -0.39 is 0 Å². The van der Waals surface area contributed by atoms with Crippen LogP contribution in [0.5, 0.6) is 0 Å². The minimum absolute atomic E-state index is 0.0336. The highest BCUT2D eigenvalue weighted by molar-refractivity contribution is 7.98. The van der Waals surface area contributed by atoms with E-state index in [0.29, 0.717) is 24.3 Å². The van der Waals surface area contributed by atoms with Crippen LogP contribution in [0.3, 0.4) is 0 Å². The monoisotopic (exact) mass is 452 g/mol. The Labute approximate surface area is 192 Å². The molecule has 0 aromatic heterocycles. The third kappa shape index (κ3) is 6.88. The van der Waals surface area contributed by atoms with Crippen LogP contribution in [0.2, 0.25) is 5.02 Å². The van der Waals surface area contributed by atoms with Crippen molar-refractivity contribution in [1.29, 1.82) is 0 Å². The van der Waals surface area contributed by atoms with Gasteiger partial charge in [-0.2, -0.15) is 0 Å². The first-order chi connectivity index (χ1) is 14.9. The molecule has 0 unspecified atom stereocenters. The van der Waals surface area contributed by atoms with Gasteiger partial charge >= 0.3 is 0 Å². The Morgan fingerprint density at radius 2 is 1.68 bits per heavy atom. The van der Waals surface area contributed by atoms with Gasteiger partial charge in [-0.1, -0.05) is 35.9 Å². The minimum Gasteiger partial charge on any atom is -0.339 e. The molecule has 0 aliphatic rings. The van der Waals surface area contributed by atoms with Crippen molar-refractivity contribution in [2.75, 3.05) is 11.9 Å². The quantitative estimate of drug-likeness (QED) is 0.411. The zero-order chi connectivity index (χ0) is 22.2. The summed E-state index contributed by atoms with van der Waals surface area (Å²) in [6.45, 7) is 4.68. The third-order valence-electron chi connectivity index (χ3n) is 4.82. The summed E-state index contributed by atoms with van der Waals surface area (Å²) in [5, 5.41) is 3.67. The molecular formula is C25H25ClN2O2S. The van der Waals surface area contributed by atoms with Crippen molar-refractivity contribution in [2.24, 2.45) is 0 Å². The Balaban J connectivity index is 1.58. The molecule has 160 valence electrons. The number of hydrogen-bond acceptors (Lipinski definition) is 3. The molecule has 0 spiro atoms. The van der Waals surface area contributed by atoms with Crippen LogP contribution >= 0.6 is 23.4 Å². The van der Waals surface area contributed by atoms with E-state index in [9.17, 15) is 9.59 Å². The first-order valence-electron chi connectivity index (χ1n) is 10.1. The number of thioether (sulfide) groups is 1. The van der Waals surface area contributed by atoms with Crippen molar-refractivity contribution in [3.8, 4) is 0 Å². The number of hydrogen-bond donors (Lipinski definition) is 1. The topological polar surface area (TPSA) is 49.4 Å². The van der Waals surface area contributed by atoms with Gasteiger partial charge in [0.1, 0.15) is 0 Å². The predicted molar refractivity (Wildman–Crippen MR) is 129 cm³/mol. The highest BCUT2D eigenvalue weighted by Crippen LogP contribution is 2.24. The van der Waals surface area contributed by atoms with Gasteiger partial charge in [-0.3, -0.25) is 9.59 Å². The molecule has 0 radical (unpaired) electrons. The van der Waals surface area contributed by atoms with Gasteiger partial charge < -0.3 is 10.2 Å². The Hall–Kier alpha value is -2.76. The van der Waals surface area contributed by atoms with Crippen molar-refractivity contribution in [3.05, 3.63) is 94.5 Å². The van der Waals surface area contributed by atoms with E-state index in [1.807, 2.05) is 79.7 Å². The number of carbonyl (C=O) groups is 2. The maximum Gasteiger partial charge on any atom is 0.255 e. The van der Waals surface area contributed by atoms with Crippen molar-refractivity contribution in [2.45, 2.75) is 31.0 Å².